The van der Waals surface area contributed by atoms with Gasteiger partial charge in [0.2, 0.25) is 0 Å². The van der Waals surface area contributed by atoms with Gasteiger partial charge in [-0.3, -0.25) is 5.10 Å². The summed E-state index contributed by atoms with van der Waals surface area (Å²) in [6.07, 6.45) is -3.45. The molecule has 0 unspecified atom stereocenters. The van der Waals surface area contributed by atoms with Gasteiger partial charge in [0, 0.05) is 49.0 Å². The number of H-pyrrole nitrogens is 1. The van der Waals surface area contributed by atoms with Gasteiger partial charge in [-0.05, 0) is 44.3 Å². The van der Waals surface area contributed by atoms with Crippen LogP contribution in [0.15, 0.2) is 41.6 Å². The number of aryl methyl sites for hydroxylation is 1. The summed E-state index contributed by atoms with van der Waals surface area (Å²) in [5, 5.41) is 20.2. The summed E-state index contributed by atoms with van der Waals surface area (Å²) in [4.78, 5) is 14.9. The van der Waals surface area contributed by atoms with E-state index in [0.717, 1.165) is 41.4 Å². The largest absolute Gasteiger partial charge is 0.416 e. The number of fused-ring (bicyclic) bond motifs is 1. The Balaban J connectivity index is 1.53. The molecule has 37 heavy (non-hydrogen) atoms. The molecule has 0 radical (unpaired) electrons. The van der Waals surface area contributed by atoms with E-state index in [1.165, 1.54) is 12.1 Å². The van der Waals surface area contributed by atoms with Crippen molar-refractivity contribution in [2.24, 2.45) is 0 Å². The Kier molecular flexibility index (Phi) is 8.10. The molecular weight excluding hydrogens is 512 g/mol. The summed E-state index contributed by atoms with van der Waals surface area (Å²) < 4.78 is 56.3. The Hall–Kier alpha value is -3.49. The second kappa shape index (κ2) is 11.3. The molecule has 0 saturated carbocycles. The molecule has 0 aliphatic carbocycles. The molecule has 196 valence electrons. The number of nitrogens with one attached hydrogen (secondary N) is 3. The number of nitrogens with zero attached hydrogens (tertiary/aromatic N) is 5. The maximum atomic E-state index is 14.9. The number of halogens is 4. The van der Waals surface area contributed by atoms with Crippen molar-refractivity contribution in [1.29, 1.82) is 0 Å². The minimum absolute atomic E-state index is 0.0429. The van der Waals surface area contributed by atoms with E-state index in [4.69, 9.17) is 5.11 Å². The van der Waals surface area contributed by atoms with E-state index in [1.54, 1.807) is 6.07 Å². The van der Waals surface area contributed by atoms with Crippen LogP contribution in [0.4, 0.5) is 29.1 Å². The number of aliphatic hydroxyl groups is 1. The molecule has 4 aromatic rings. The summed E-state index contributed by atoms with van der Waals surface area (Å²) in [6, 6.07) is 6.04. The van der Waals surface area contributed by atoms with Crippen LogP contribution in [0.1, 0.15) is 11.3 Å². The lowest BCUT2D eigenvalue weighted by Crippen LogP contribution is -2.28. The van der Waals surface area contributed by atoms with E-state index in [1.807, 2.05) is 18.9 Å². The van der Waals surface area contributed by atoms with Crippen molar-refractivity contribution in [2.45, 2.75) is 18.1 Å². The predicted octanol–water partition coefficient (Wildman–Crippen LogP) is 4.34. The predicted molar refractivity (Wildman–Crippen MR) is 134 cm³/mol. The number of anilines is 2. The van der Waals surface area contributed by atoms with E-state index < -0.39 is 17.6 Å². The van der Waals surface area contributed by atoms with Gasteiger partial charge in [-0.15, -0.1) is 0 Å². The van der Waals surface area contributed by atoms with Crippen LogP contribution in [0.3, 0.4) is 0 Å². The van der Waals surface area contributed by atoms with E-state index in [-0.39, 0.29) is 23.1 Å². The van der Waals surface area contributed by atoms with Crippen LogP contribution < -0.4 is 10.0 Å². The standard InChI is InChI=1S/C23H24F4N8OS/c1-13-19-21(29-7-8-35(2)9-10-36)30-20(31-22(19)33-32-13)14-3-4-17(16(24)11-14)34-37-18-12-15(5-6-28-18)23(25,26)27/h3-6,11-12,34,36H,7-10H2,1-2H3,(H2,29,30,31,32,33). The van der Waals surface area contributed by atoms with E-state index in [0.29, 0.717) is 36.7 Å². The average Bonchev–Trinajstić information content (AvgIpc) is 3.24. The lowest BCUT2D eigenvalue weighted by Gasteiger charge is -2.16. The minimum atomic E-state index is -4.50. The van der Waals surface area contributed by atoms with Gasteiger partial charge in [0.25, 0.3) is 0 Å². The molecule has 4 N–H and O–H groups in total. The maximum Gasteiger partial charge on any atom is 0.416 e. The molecule has 0 aliphatic rings. The van der Waals surface area contributed by atoms with Gasteiger partial charge < -0.3 is 20.0 Å². The summed E-state index contributed by atoms with van der Waals surface area (Å²) in [5.41, 5.74) is 0.817. The minimum Gasteiger partial charge on any atom is -0.395 e. The first-order valence-corrected chi connectivity index (χ1v) is 12.0. The first kappa shape index (κ1) is 26.6. The summed E-state index contributed by atoms with van der Waals surface area (Å²) in [5.74, 6) is 0.152. The zero-order chi connectivity index (χ0) is 26.6. The fourth-order valence-electron chi connectivity index (χ4n) is 3.46. The van der Waals surface area contributed by atoms with Gasteiger partial charge in [-0.25, -0.2) is 19.3 Å². The lowest BCUT2D eigenvalue weighted by molar-refractivity contribution is -0.137. The zero-order valence-electron chi connectivity index (χ0n) is 19.9. The first-order valence-electron chi connectivity index (χ1n) is 11.2. The molecule has 14 heteroatoms. The van der Waals surface area contributed by atoms with Crippen molar-refractivity contribution < 1.29 is 22.7 Å². The number of rotatable bonds is 10. The number of aliphatic hydroxyl groups excluding tert-OH is 1. The smallest absolute Gasteiger partial charge is 0.395 e. The van der Waals surface area contributed by atoms with E-state index in [9.17, 15) is 17.6 Å². The normalized spacial score (nSPS) is 11.9. The SMILES string of the molecule is Cc1[nH]nc2nc(-c3ccc(NSc4cc(C(F)(F)F)ccn4)c(F)c3)nc(NCCN(C)CCO)c12. The molecule has 0 amide bonds. The summed E-state index contributed by atoms with van der Waals surface area (Å²) >= 11 is 0.765. The number of benzene rings is 1. The molecule has 3 heterocycles. The number of pyridine rings is 1. The number of hydrogen-bond donors (Lipinski definition) is 4. The summed E-state index contributed by atoms with van der Waals surface area (Å²) in [7, 11) is 1.89. The highest BCUT2D eigenvalue weighted by molar-refractivity contribution is 8.00. The van der Waals surface area contributed by atoms with E-state index in [2.05, 4.69) is 35.2 Å². The number of aromatic amines is 1. The van der Waals surface area contributed by atoms with Crippen molar-refractivity contribution in [3.63, 3.8) is 0 Å². The molecule has 0 aliphatic heterocycles. The second-order valence-electron chi connectivity index (χ2n) is 8.18. The van der Waals surface area contributed by atoms with Crippen molar-refractivity contribution in [3.8, 4) is 11.4 Å². The van der Waals surface area contributed by atoms with Crippen molar-refractivity contribution in [1.82, 2.24) is 30.0 Å². The van der Waals surface area contributed by atoms with Crippen LogP contribution in [-0.2, 0) is 6.18 Å². The Labute approximate surface area is 213 Å². The second-order valence-corrected chi connectivity index (χ2v) is 9.00. The quantitative estimate of drug-likeness (QED) is 0.174. The van der Waals surface area contributed by atoms with Gasteiger partial charge in [-0.2, -0.15) is 18.3 Å². The molecule has 0 spiro atoms. The molecule has 0 saturated heterocycles. The van der Waals surface area contributed by atoms with Gasteiger partial charge >= 0.3 is 6.18 Å². The lowest BCUT2D eigenvalue weighted by atomic mass is 10.1. The number of alkyl halides is 3. The topological polar surface area (TPSA) is 115 Å². The molecule has 0 fully saturated rings. The van der Waals surface area contributed by atoms with E-state index >= 15 is 0 Å². The zero-order valence-corrected chi connectivity index (χ0v) is 20.7. The fourth-order valence-corrected chi connectivity index (χ4v) is 4.14. The van der Waals surface area contributed by atoms with Crippen molar-refractivity contribution >= 4 is 34.5 Å². The van der Waals surface area contributed by atoms with Crippen LogP contribution in [0.2, 0.25) is 0 Å². The average molecular weight is 537 g/mol. The molecule has 4 rings (SSSR count). The maximum absolute atomic E-state index is 14.9. The highest BCUT2D eigenvalue weighted by Gasteiger charge is 2.30. The highest BCUT2D eigenvalue weighted by atomic mass is 32.2. The first-order chi connectivity index (χ1) is 17.7. The number of aromatic nitrogens is 5. The third-order valence-electron chi connectivity index (χ3n) is 5.42. The van der Waals surface area contributed by atoms with Crippen molar-refractivity contribution in [2.75, 3.05) is 43.3 Å². The van der Waals surface area contributed by atoms with Gasteiger partial charge in [-0.1, -0.05) is 0 Å². The third-order valence-corrected chi connectivity index (χ3v) is 6.17. The van der Waals surface area contributed by atoms with Crippen LogP contribution in [0, 0.1) is 12.7 Å². The Morgan fingerprint density at radius 2 is 1.95 bits per heavy atom. The van der Waals surface area contributed by atoms with Gasteiger partial charge in [0.15, 0.2) is 11.5 Å². The monoisotopic (exact) mass is 536 g/mol. The molecule has 0 bridgehead atoms. The highest BCUT2D eigenvalue weighted by Crippen LogP contribution is 2.32. The number of likely N-dealkylation sites (N-methyl/N-ethyl adjacent to an activating group) is 1. The molecule has 9 nitrogen and oxygen atoms in total. The third kappa shape index (κ3) is 6.45. The molecule has 3 aromatic heterocycles. The molecule has 0 atom stereocenters. The van der Waals surface area contributed by atoms with Crippen LogP contribution in [0.25, 0.3) is 22.4 Å². The molecular formula is C23H24F4N8OS. The molecule has 1 aromatic carbocycles. The van der Waals surface area contributed by atoms with Crippen molar-refractivity contribution in [3.05, 3.63) is 53.6 Å². The van der Waals surface area contributed by atoms with Crippen LogP contribution >= 0.6 is 11.9 Å². The Morgan fingerprint density at radius 1 is 1.14 bits per heavy atom. The number of hydrogen-bond acceptors (Lipinski definition) is 9. The summed E-state index contributed by atoms with van der Waals surface area (Å²) in [6.45, 7) is 3.65. The Bertz CT molecular complexity index is 1380. The van der Waals surface area contributed by atoms with Crippen LogP contribution in [-0.4, -0.2) is 68.4 Å². The Morgan fingerprint density at radius 3 is 2.68 bits per heavy atom. The van der Waals surface area contributed by atoms with Gasteiger partial charge in [0.05, 0.1) is 23.2 Å². The van der Waals surface area contributed by atoms with Crippen LogP contribution in [0.5, 0.6) is 0 Å². The van der Waals surface area contributed by atoms with Gasteiger partial charge in [0.1, 0.15) is 16.7 Å². The fraction of sp³-hybridized carbons (Fsp3) is 0.304.